The maximum Gasteiger partial charge on any atom is 0.323 e. The molecule has 2 aromatic carbocycles. The molecular formula is C14H13ClN2O2. The molecule has 0 atom stereocenters. The summed E-state index contributed by atoms with van der Waals surface area (Å²) >= 11 is 5.84. The number of anilines is 2. The molecule has 0 bridgehead atoms. The van der Waals surface area contributed by atoms with Crippen molar-refractivity contribution in [3.05, 3.63) is 53.6 Å². The number of nitrogens with one attached hydrogen (secondary N) is 2. The summed E-state index contributed by atoms with van der Waals surface area (Å²) < 4.78 is 5.04. The Morgan fingerprint density at radius 2 is 1.74 bits per heavy atom. The second-order valence-corrected chi connectivity index (χ2v) is 4.25. The van der Waals surface area contributed by atoms with Gasteiger partial charge in [0.2, 0.25) is 0 Å². The summed E-state index contributed by atoms with van der Waals surface area (Å²) in [6.45, 7) is 0. The van der Waals surface area contributed by atoms with E-state index in [0.717, 1.165) is 5.75 Å². The highest BCUT2D eigenvalue weighted by atomic mass is 35.5. The van der Waals surface area contributed by atoms with Crippen molar-refractivity contribution < 1.29 is 9.53 Å². The lowest BCUT2D eigenvalue weighted by Gasteiger charge is -2.08. The van der Waals surface area contributed by atoms with Gasteiger partial charge in [-0.2, -0.15) is 0 Å². The Hall–Kier alpha value is -2.20. The fourth-order valence-electron chi connectivity index (χ4n) is 1.53. The zero-order valence-electron chi connectivity index (χ0n) is 10.3. The van der Waals surface area contributed by atoms with Crippen LogP contribution in [0, 0.1) is 0 Å². The van der Waals surface area contributed by atoms with Crippen molar-refractivity contribution >= 4 is 29.0 Å². The monoisotopic (exact) mass is 276 g/mol. The first-order valence-corrected chi connectivity index (χ1v) is 6.03. The molecule has 2 amide bonds. The largest absolute Gasteiger partial charge is 0.497 e. The number of hydrogen-bond acceptors (Lipinski definition) is 2. The lowest BCUT2D eigenvalue weighted by atomic mass is 10.3. The van der Waals surface area contributed by atoms with E-state index in [1.165, 1.54) is 0 Å². The Balaban J connectivity index is 1.97. The van der Waals surface area contributed by atoms with Crippen molar-refractivity contribution in [1.82, 2.24) is 0 Å². The SMILES string of the molecule is COc1ccc(NC(=O)Nc2cccc(Cl)c2)cc1. The number of carbonyl (C=O) groups is 1. The topological polar surface area (TPSA) is 50.4 Å². The van der Waals surface area contributed by atoms with Gasteiger partial charge in [-0.1, -0.05) is 17.7 Å². The molecule has 0 aliphatic heterocycles. The Morgan fingerprint density at radius 3 is 2.37 bits per heavy atom. The number of halogens is 1. The summed E-state index contributed by atoms with van der Waals surface area (Å²) in [6, 6.07) is 13.7. The Morgan fingerprint density at radius 1 is 1.05 bits per heavy atom. The first-order valence-electron chi connectivity index (χ1n) is 5.65. The average Bonchev–Trinajstić information content (AvgIpc) is 2.39. The summed E-state index contributed by atoms with van der Waals surface area (Å²) in [7, 11) is 1.59. The van der Waals surface area contributed by atoms with E-state index in [-0.39, 0.29) is 6.03 Å². The summed E-state index contributed by atoms with van der Waals surface area (Å²) in [4.78, 5) is 11.8. The predicted octanol–water partition coefficient (Wildman–Crippen LogP) is 3.99. The molecule has 4 nitrogen and oxygen atoms in total. The summed E-state index contributed by atoms with van der Waals surface area (Å²) in [6.07, 6.45) is 0. The molecule has 0 fully saturated rings. The van der Waals surface area contributed by atoms with Gasteiger partial charge in [0.25, 0.3) is 0 Å². The van der Waals surface area contributed by atoms with E-state index in [1.807, 2.05) is 0 Å². The maximum absolute atomic E-state index is 11.8. The molecule has 2 rings (SSSR count). The number of methoxy groups -OCH3 is 1. The highest BCUT2D eigenvalue weighted by molar-refractivity contribution is 6.30. The number of hydrogen-bond donors (Lipinski definition) is 2. The van der Waals surface area contributed by atoms with E-state index >= 15 is 0 Å². The quantitative estimate of drug-likeness (QED) is 0.890. The molecule has 5 heteroatoms. The van der Waals surface area contributed by atoms with E-state index in [1.54, 1.807) is 55.6 Å². The average molecular weight is 277 g/mol. The van der Waals surface area contributed by atoms with Gasteiger partial charge in [-0.05, 0) is 42.5 Å². The van der Waals surface area contributed by atoms with E-state index in [2.05, 4.69) is 10.6 Å². The van der Waals surface area contributed by atoms with Crippen LogP contribution in [-0.2, 0) is 0 Å². The van der Waals surface area contributed by atoms with Crippen LogP contribution in [-0.4, -0.2) is 13.1 Å². The molecule has 98 valence electrons. The van der Waals surface area contributed by atoms with E-state index in [4.69, 9.17) is 16.3 Å². The number of ether oxygens (including phenoxy) is 1. The minimum absolute atomic E-state index is 0.326. The highest BCUT2D eigenvalue weighted by Crippen LogP contribution is 2.17. The number of carbonyl (C=O) groups excluding carboxylic acids is 1. The van der Waals surface area contributed by atoms with Gasteiger partial charge in [-0.15, -0.1) is 0 Å². The maximum atomic E-state index is 11.8. The van der Waals surface area contributed by atoms with Gasteiger partial charge >= 0.3 is 6.03 Å². The van der Waals surface area contributed by atoms with Gasteiger partial charge in [0.15, 0.2) is 0 Å². The second kappa shape index (κ2) is 6.11. The van der Waals surface area contributed by atoms with Crippen molar-refractivity contribution in [3.8, 4) is 5.75 Å². The minimum Gasteiger partial charge on any atom is -0.497 e. The molecule has 0 aliphatic rings. The van der Waals surface area contributed by atoms with Crippen LogP contribution in [0.1, 0.15) is 0 Å². The lowest BCUT2D eigenvalue weighted by molar-refractivity contribution is 0.262. The smallest absolute Gasteiger partial charge is 0.323 e. The van der Waals surface area contributed by atoms with Crippen molar-refractivity contribution in [2.75, 3.05) is 17.7 Å². The molecule has 0 heterocycles. The van der Waals surface area contributed by atoms with Crippen LogP contribution in [0.15, 0.2) is 48.5 Å². The van der Waals surface area contributed by atoms with Crippen LogP contribution in [0.2, 0.25) is 5.02 Å². The van der Waals surface area contributed by atoms with Crippen molar-refractivity contribution in [1.29, 1.82) is 0 Å². The van der Waals surface area contributed by atoms with Gasteiger partial charge < -0.3 is 15.4 Å². The van der Waals surface area contributed by atoms with Crippen LogP contribution in [0.3, 0.4) is 0 Å². The Kier molecular flexibility index (Phi) is 4.26. The molecule has 0 saturated heterocycles. The standard InChI is InChI=1S/C14H13ClN2O2/c1-19-13-7-5-11(6-8-13)16-14(18)17-12-4-2-3-10(15)9-12/h2-9H,1H3,(H2,16,17,18). The van der Waals surface area contributed by atoms with Gasteiger partial charge in [-0.25, -0.2) is 4.79 Å². The number of urea groups is 1. The molecule has 0 unspecified atom stereocenters. The van der Waals surface area contributed by atoms with Crippen LogP contribution >= 0.6 is 11.6 Å². The predicted molar refractivity (Wildman–Crippen MR) is 77.1 cm³/mol. The van der Waals surface area contributed by atoms with Gasteiger partial charge in [0.1, 0.15) is 5.75 Å². The second-order valence-electron chi connectivity index (χ2n) is 3.82. The molecule has 0 spiro atoms. The van der Waals surface area contributed by atoms with E-state index < -0.39 is 0 Å². The van der Waals surface area contributed by atoms with E-state index in [0.29, 0.717) is 16.4 Å². The molecule has 0 saturated carbocycles. The van der Waals surface area contributed by atoms with Gasteiger partial charge in [0, 0.05) is 16.4 Å². The minimum atomic E-state index is -0.326. The fraction of sp³-hybridized carbons (Fsp3) is 0.0714. The van der Waals surface area contributed by atoms with E-state index in [9.17, 15) is 4.79 Å². The van der Waals surface area contributed by atoms with Crippen LogP contribution in [0.4, 0.5) is 16.2 Å². The first-order chi connectivity index (χ1) is 9.17. The first kappa shape index (κ1) is 13.2. The number of benzene rings is 2. The molecule has 0 radical (unpaired) electrons. The summed E-state index contributed by atoms with van der Waals surface area (Å²) in [5.74, 6) is 0.737. The Bertz CT molecular complexity index is 570. The Labute approximate surface area is 116 Å². The van der Waals surface area contributed by atoms with Crippen LogP contribution in [0.25, 0.3) is 0 Å². The zero-order chi connectivity index (χ0) is 13.7. The normalized spacial score (nSPS) is 9.79. The highest BCUT2D eigenvalue weighted by Gasteiger charge is 2.03. The third-order valence-electron chi connectivity index (χ3n) is 2.43. The molecule has 2 N–H and O–H groups in total. The van der Waals surface area contributed by atoms with Gasteiger partial charge in [-0.3, -0.25) is 0 Å². The number of amides is 2. The molecule has 0 aromatic heterocycles. The van der Waals surface area contributed by atoms with Crippen molar-refractivity contribution in [3.63, 3.8) is 0 Å². The fourth-order valence-corrected chi connectivity index (χ4v) is 1.72. The van der Waals surface area contributed by atoms with Crippen LogP contribution in [0.5, 0.6) is 5.75 Å². The third-order valence-corrected chi connectivity index (χ3v) is 2.67. The summed E-state index contributed by atoms with van der Waals surface area (Å²) in [5, 5.41) is 5.98. The van der Waals surface area contributed by atoms with Gasteiger partial charge in [0.05, 0.1) is 7.11 Å². The molecular weight excluding hydrogens is 264 g/mol. The van der Waals surface area contributed by atoms with Crippen LogP contribution < -0.4 is 15.4 Å². The van der Waals surface area contributed by atoms with Crippen molar-refractivity contribution in [2.45, 2.75) is 0 Å². The molecule has 19 heavy (non-hydrogen) atoms. The molecule has 2 aromatic rings. The molecule has 0 aliphatic carbocycles. The number of rotatable bonds is 3. The summed E-state index contributed by atoms with van der Waals surface area (Å²) in [5.41, 5.74) is 1.32. The van der Waals surface area contributed by atoms with Crippen molar-refractivity contribution in [2.24, 2.45) is 0 Å². The third kappa shape index (κ3) is 3.89. The zero-order valence-corrected chi connectivity index (χ0v) is 11.1. The lowest BCUT2D eigenvalue weighted by Crippen LogP contribution is -2.19.